The first-order valence-corrected chi connectivity index (χ1v) is 7.52. The molecule has 0 fully saturated rings. The van der Waals surface area contributed by atoms with Crippen LogP contribution in [0.2, 0.25) is 0 Å². The van der Waals surface area contributed by atoms with E-state index in [0.29, 0.717) is 0 Å². The molecule has 0 amide bonds. The fourth-order valence-corrected chi connectivity index (χ4v) is 2.88. The molecule has 3 aromatic carbocycles. The molecule has 1 heteroatoms. The molecule has 0 radical (unpaired) electrons. The SMILES string of the molecule is CCc1cccc(C#N)c1-c1ccccc1-c1ccccc1. The highest BCUT2D eigenvalue weighted by Crippen LogP contribution is 2.36. The standard InChI is InChI=1S/C21H17N/c1-2-16-11-8-12-18(15-22)21(16)20-14-7-6-13-19(20)17-9-4-3-5-10-17/h3-14H,2H2,1H3. The Morgan fingerprint density at radius 3 is 2.14 bits per heavy atom. The summed E-state index contributed by atoms with van der Waals surface area (Å²) in [5.41, 5.74) is 6.48. The molecule has 0 aliphatic heterocycles. The third kappa shape index (κ3) is 2.52. The molecular weight excluding hydrogens is 266 g/mol. The number of nitriles is 1. The molecule has 3 aromatic rings. The van der Waals surface area contributed by atoms with Gasteiger partial charge in [0, 0.05) is 5.56 Å². The molecule has 0 bridgehead atoms. The molecule has 0 saturated carbocycles. The van der Waals surface area contributed by atoms with Crippen molar-refractivity contribution in [3.63, 3.8) is 0 Å². The number of aryl methyl sites for hydroxylation is 1. The van der Waals surface area contributed by atoms with Gasteiger partial charge in [-0.1, -0.05) is 73.7 Å². The van der Waals surface area contributed by atoms with Gasteiger partial charge in [-0.25, -0.2) is 0 Å². The highest BCUT2D eigenvalue weighted by molar-refractivity contribution is 5.87. The third-order valence-electron chi connectivity index (χ3n) is 3.93. The molecule has 1 nitrogen and oxygen atoms in total. The van der Waals surface area contributed by atoms with Crippen LogP contribution in [0.4, 0.5) is 0 Å². The molecule has 0 heterocycles. The Hall–Kier alpha value is -2.85. The van der Waals surface area contributed by atoms with Gasteiger partial charge in [0.2, 0.25) is 0 Å². The van der Waals surface area contributed by atoms with Crippen LogP contribution in [0.1, 0.15) is 18.1 Å². The van der Waals surface area contributed by atoms with E-state index in [9.17, 15) is 5.26 Å². The van der Waals surface area contributed by atoms with Gasteiger partial charge in [0.15, 0.2) is 0 Å². The largest absolute Gasteiger partial charge is 0.192 e. The predicted molar refractivity (Wildman–Crippen MR) is 91.4 cm³/mol. The molecule has 0 atom stereocenters. The molecule has 0 aromatic heterocycles. The van der Waals surface area contributed by atoms with Crippen molar-refractivity contribution in [1.29, 1.82) is 5.26 Å². The van der Waals surface area contributed by atoms with E-state index in [2.05, 4.69) is 43.3 Å². The van der Waals surface area contributed by atoms with Crippen LogP contribution in [-0.2, 0) is 6.42 Å². The highest BCUT2D eigenvalue weighted by Gasteiger charge is 2.13. The summed E-state index contributed by atoms with van der Waals surface area (Å²) in [4.78, 5) is 0. The van der Waals surface area contributed by atoms with Gasteiger partial charge in [0.25, 0.3) is 0 Å². The van der Waals surface area contributed by atoms with Crippen molar-refractivity contribution >= 4 is 0 Å². The maximum atomic E-state index is 9.51. The van der Waals surface area contributed by atoms with Crippen LogP contribution in [0, 0.1) is 11.3 Å². The van der Waals surface area contributed by atoms with E-state index in [1.165, 1.54) is 16.7 Å². The average Bonchev–Trinajstić information content (AvgIpc) is 2.61. The average molecular weight is 283 g/mol. The maximum Gasteiger partial charge on any atom is 0.0998 e. The highest BCUT2D eigenvalue weighted by atomic mass is 14.3. The summed E-state index contributed by atoms with van der Waals surface area (Å²) < 4.78 is 0. The quantitative estimate of drug-likeness (QED) is 0.626. The minimum Gasteiger partial charge on any atom is -0.192 e. The first kappa shape index (κ1) is 14.1. The Labute approximate surface area is 131 Å². The van der Waals surface area contributed by atoms with Crippen molar-refractivity contribution in [1.82, 2.24) is 0 Å². The summed E-state index contributed by atoms with van der Waals surface area (Å²) in [6.07, 6.45) is 0.911. The van der Waals surface area contributed by atoms with Crippen LogP contribution in [0.25, 0.3) is 22.3 Å². The van der Waals surface area contributed by atoms with E-state index in [-0.39, 0.29) is 0 Å². The summed E-state index contributed by atoms with van der Waals surface area (Å²) >= 11 is 0. The van der Waals surface area contributed by atoms with Gasteiger partial charge in [-0.3, -0.25) is 0 Å². The first-order chi connectivity index (χ1) is 10.8. The Balaban J connectivity index is 2.30. The Bertz CT molecular complexity index is 826. The van der Waals surface area contributed by atoms with Crippen molar-refractivity contribution in [3.8, 4) is 28.3 Å². The zero-order chi connectivity index (χ0) is 15.4. The molecule has 0 unspecified atom stereocenters. The van der Waals surface area contributed by atoms with E-state index in [4.69, 9.17) is 0 Å². The summed E-state index contributed by atoms with van der Waals surface area (Å²) in [7, 11) is 0. The van der Waals surface area contributed by atoms with Crippen LogP contribution in [-0.4, -0.2) is 0 Å². The number of hydrogen-bond acceptors (Lipinski definition) is 1. The topological polar surface area (TPSA) is 23.8 Å². The van der Waals surface area contributed by atoms with Crippen molar-refractivity contribution in [2.24, 2.45) is 0 Å². The van der Waals surface area contributed by atoms with Crippen LogP contribution < -0.4 is 0 Å². The minimum atomic E-state index is 0.739. The number of rotatable bonds is 3. The molecule has 0 aliphatic carbocycles. The lowest BCUT2D eigenvalue weighted by atomic mass is 9.88. The second-order valence-electron chi connectivity index (χ2n) is 5.22. The van der Waals surface area contributed by atoms with Gasteiger partial charge in [0.05, 0.1) is 11.6 Å². The molecular formula is C21H17N. The lowest BCUT2D eigenvalue weighted by molar-refractivity contribution is 1.14. The second kappa shape index (κ2) is 6.28. The number of benzene rings is 3. The van der Waals surface area contributed by atoms with E-state index in [0.717, 1.165) is 23.1 Å². The maximum absolute atomic E-state index is 9.51. The van der Waals surface area contributed by atoms with Crippen molar-refractivity contribution < 1.29 is 0 Å². The van der Waals surface area contributed by atoms with Crippen LogP contribution in [0.3, 0.4) is 0 Å². The van der Waals surface area contributed by atoms with Crippen LogP contribution >= 0.6 is 0 Å². The lowest BCUT2D eigenvalue weighted by Gasteiger charge is -2.15. The van der Waals surface area contributed by atoms with Gasteiger partial charge in [-0.2, -0.15) is 5.26 Å². The van der Waals surface area contributed by atoms with Gasteiger partial charge >= 0.3 is 0 Å². The molecule has 0 spiro atoms. The monoisotopic (exact) mass is 283 g/mol. The zero-order valence-corrected chi connectivity index (χ0v) is 12.6. The molecule has 3 rings (SSSR count). The fraction of sp³-hybridized carbons (Fsp3) is 0.0952. The zero-order valence-electron chi connectivity index (χ0n) is 12.6. The Morgan fingerprint density at radius 2 is 1.45 bits per heavy atom. The molecule has 0 aliphatic rings. The van der Waals surface area contributed by atoms with Gasteiger partial charge < -0.3 is 0 Å². The van der Waals surface area contributed by atoms with E-state index in [1.54, 1.807) is 0 Å². The van der Waals surface area contributed by atoms with Crippen LogP contribution in [0.5, 0.6) is 0 Å². The minimum absolute atomic E-state index is 0.739. The second-order valence-corrected chi connectivity index (χ2v) is 5.22. The third-order valence-corrected chi connectivity index (χ3v) is 3.93. The normalized spacial score (nSPS) is 10.2. The Morgan fingerprint density at radius 1 is 0.773 bits per heavy atom. The summed E-state index contributed by atoms with van der Waals surface area (Å²) in [6, 6.07) is 27.0. The van der Waals surface area contributed by atoms with Gasteiger partial charge in [0.1, 0.15) is 0 Å². The molecule has 0 saturated heterocycles. The van der Waals surface area contributed by atoms with Crippen molar-refractivity contribution in [3.05, 3.63) is 83.9 Å². The first-order valence-electron chi connectivity index (χ1n) is 7.52. The van der Waals surface area contributed by atoms with E-state index in [1.807, 2.05) is 42.5 Å². The summed E-state index contributed by atoms with van der Waals surface area (Å²) in [5.74, 6) is 0. The number of nitrogens with zero attached hydrogens (tertiary/aromatic N) is 1. The summed E-state index contributed by atoms with van der Waals surface area (Å²) in [6.45, 7) is 2.13. The van der Waals surface area contributed by atoms with Gasteiger partial charge in [-0.15, -0.1) is 0 Å². The predicted octanol–water partition coefficient (Wildman–Crippen LogP) is 5.45. The van der Waals surface area contributed by atoms with Crippen LogP contribution in [0.15, 0.2) is 72.8 Å². The van der Waals surface area contributed by atoms with Crippen molar-refractivity contribution in [2.75, 3.05) is 0 Å². The fourth-order valence-electron chi connectivity index (χ4n) is 2.88. The molecule has 0 N–H and O–H groups in total. The molecule has 22 heavy (non-hydrogen) atoms. The smallest absolute Gasteiger partial charge is 0.0998 e. The molecule has 106 valence electrons. The summed E-state index contributed by atoms with van der Waals surface area (Å²) in [5, 5.41) is 9.51. The van der Waals surface area contributed by atoms with E-state index >= 15 is 0 Å². The lowest BCUT2D eigenvalue weighted by Crippen LogP contribution is -1.94. The van der Waals surface area contributed by atoms with Crippen molar-refractivity contribution in [2.45, 2.75) is 13.3 Å². The number of hydrogen-bond donors (Lipinski definition) is 0. The van der Waals surface area contributed by atoms with Gasteiger partial charge in [-0.05, 0) is 34.7 Å². The Kier molecular flexibility index (Phi) is 4.03. The van der Waals surface area contributed by atoms with E-state index < -0.39 is 0 Å².